The van der Waals surface area contributed by atoms with Crippen LogP contribution in [0, 0.1) is 0 Å². The highest BCUT2D eigenvalue weighted by Crippen LogP contribution is 2.27. The molecule has 0 atom stereocenters. The standard InChI is InChI=1S/C10H10OS/c12-11-10-7-3-5-8-4-1-2-6-9(8)10/h1-2,4,6-7,12H,3,5H2. The lowest BCUT2D eigenvalue weighted by molar-refractivity contribution is 0.605. The van der Waals surface area contributed by atoms with Crippen molar-refractivity contribution < 1.29 is 4.18 Å². The molecule has 0 heterocycles. The minimum atomic E-state index is 0.889. The largest absolute Gasteiger partial charge is 0.429 e. The molecule has 0 N–H and O–H groups in total. The molecule has 0 amide bonds. The molecule has 0 bridgehead atoms. The van der Waals surface area contributed by atoms with E-state index in [0.717, 1.165) is 18.6 Å². The summed E-state index contributed by atoms with van der Waals surface area (Å²) < 4.78 is 4.97. The van der Waals surface area contributed by atoms with Crippen molar-refractivity contribution in [2.75, 3.05) is 0 Å². The van der Waals surface area contributed by atoms with E-state index in [4.69, 9.17) is 4.18 Å². The summed E-state index contributed by atoms with van der Waals surface area (Å²) in [5.74, 6) is 0.889. The fourth-order valence-electron chi connectivity index (χ4n) is 1.53. The van der Waals surface area contributed by atoms with Crippen molar-refractivity contribution in [2.24, 2.45) is 0 Å². The second kappa shape index (κ2) is 3.23. The zero-order valence-corrected chi connectivity index (χ0v) is 7.55. The summed E-state index contributed by atoms with van der Waals surface area (Å²) in [6.45, 7) is 0. The van der Waals surface area contributed by atoms with Crippen molar-refractivity contribution in [1.29, 1.82) is 0 Å². The smallest absolute Gasteiger partial charge is 0.140 e. The molecular formula is C10H10OS. The first-order valence-electron chi connectivity index (χ1n) is 4.01. The van der Waals surface area contributed by atoms with Crippen molar-refractivity contribution in [3.05, 3.63) is 41.5 Å². The molecule has 0 fully saturated rings. The van der Waals surface area contributed by atoms with Crippen molar-refractivity contribution in [3.8, 4) is 0 Å². The number of rotatable bonds is 1. The lowest BCUT2D eigenvalue weighted by atomic mass is 9.96. The Hall–Kier alpha value is -0.890. The molecule has 0 unspecified atom stereocenters. The van der Waals surface area contributed by atoms with Gasteiger partial charge in [0.1, 0.15) is 5.76 Å². The summed E-state index contributed by atoms with van der Waals surface area (Å²) in [5.41, 5.74) is 2.53. The molecule has 0 aromatic heterocycles. The third-order valence-corrected chi connectivity index (χ3v) is 2.32. The normalized spacial score (nSPS) is 14.9. The van der Waals surface area contributed by atoms with E-state index in [9.17, 15) is 0 Å². The second-order valence-electron chi connectivity index (χ2n) is 2.86. The van der Waals surface area contributed by atoms with Gasteiger partial charge in [-0.25, -0.2) is 0 Å². The Morgan fingerprint density at radius 1 is 1.25 bits per heavy atom. The highest BCUT2D eigenvalue weighted by Gasteiger charge is 2.11. The predicted molar refractivity (Wildman–Crippen MR) is 52.8 cm³/mol. The van der Waals surface area contributed by atoms with Gasteiger partial charge in [0.15, 0.2) is 0 Å². The molecule has 2 rings (SSSR count). The van der Waals surface area contributed by atoms with Crippen LogP contribution >= 0.6 is 12.9 Å². The third kappa shape index (κ3) is 1.23. The van der Waals surface area contributed by atoms with Crippen LogP contribution in [0.2, 0.25) is 0 Å². The Balaban J connectivity index is 2.48. The quantitative estimate of drug-likeness (QED) is 0.514. The fourth-order valence-corrected chi connectivity index (χ4v) is 1.71. The van der Waals surface area contributed by atoms with Gasteiger partial charge in [0, 0.05) is 18.5 Å². The molecule has 1 nitrogen and oxygen atoms in total. The summed E-state index contributed by atoms with van der Waals surface area (Å²) in [4.78, 5) is 0. The van der Waals surface area contributed by atoms with E-state index in [0.29, 0.717) is 0 Å². The maximum atomic E-state index is 4.97. The molecular weight excluding hydrogens is 168 g/mol. The van der Waals surface area contributed by atoms with Crippen molar-refractivity contribution in [2.45, 2.75) is 12.8 Å². The SMILES string of the molecule is SOC1=CCCc2ccccc21. The van der Waals surface area contributed by atoms with Crippen LogP contribution in [0.5, 0.6) is 0 Å². The van der Waals surface area contributed by atoms with Gasteiger partial charge < -0.3 is 4.18 Å². The summed E-state index contributed by atoms with van der Waals surface area (Å²) >= 11 is 3.82. The lowest BCUT2D eigenvalue weighted by Gasteiger charge is -2.14. The Morgan fingerprint density at radius 3 is 2.92 bits per heavy atom. The predicted octanol–water partition coefficient (Wildman–Crippen LogP) is 2.84. The lowest BCUT2D eigenvalue weighted by Crippen LogP contribution is -1.98. The topological polar surface area (TPSA) is 9.23 Å². The Morgan fingerprint density at radius 2 is 2.08 bits per heavy atom. The van der Waals surface area contributed by atoms with Crippen LogP contribution in [0.1, 0.15) is 17.5 Å². The maximum Gasteiger partial charge on any atom is 0.140 e. The minimum absolute atomic E-state index is 0.889. The first kappa shape index (κ1) is 7.74. The molecule has 1 aliphatic carbocycles. The molecule has 12 heavy (non-hydrogen) atoms. The zero-order chi connectivity index (χ0) is 8.39. The monoisotopic (exact) mass is 178 g/mol. The zero-order valence-electron chi connectivity index (χ0n) is 6.66. The number of allylic oxidation sites excluding steroid dienone is 1. The Bertz CT molecular complexity index is 317. The number of hydrogen-bond acceptors (Lipinski definition) is 2. The van der Waals surface area contributed by atoms with Crippen molar-refractivity contribution in [1.82, 2.24) is 0 Å². The first-order chi connectivity index (χ1) is 5.92. The van der Waals surface area contributed by atoms with Gasteiger partial charge in [0.2, 0.25) is 0 Å². The van der Waals surface area contributed by atoms with E-state index in [1.807, 2.05) is 6.07 Å². The molecule has 0 spiro atoms. The third-order valence-electron chi connectivity index (χ3n) is 2.12. The van der Waals surface area contributed by atoms with Crippen LogP contribution in [-0.2, 0) is 10.6 Å². The van der Waals surface area contributed by atoms with Gasteiger partial charge in [-0.05, 0) is 24.5 Å². The Labute approximate surface area is 77.7 Å². The Kier molecular flexibility index (Phi) is 2.09. The van der Waals surface area contributed by atoms with Crippen molar-refractivity contribution >= 4 is 18.7 Å². The van der Waals surface area contributed by atoms with E-state index in [1.54, 1.807) is 0 Å². The molecule has 0 saturated heterocycles. The number of benzene rings is 1. The van der Waals surface area contributed by atoms with Gasteiger partial charge in [0.25, 0.3) is 0 Å². The van der Waals surface area contributed by atoms with Gasteiger partial charge in [-0.15, -0.1) is 0 Å². The number of aryl methyl sites for hydroxylation is 1. The fraction of sp³-hybridized carbons (Fsp3) is 0.200. The highest BCUT2D eigenvalue weighted by molar-refractivity contribution is 7.75. The molecule has 1 aromatic rings. The molecule has 62 valence electrons. The van der Waals surface area contributed by atoms with Gasteiger partial charge >= 0.3 is 0 Å². The summed E-state index contributed by atoms with van der Waals surface area (Å²) in [6, 6.07) is 8.27. The van der Waals surface area contributed by atoms with Crippen LogP contribution in [0.25, 0.3) is 5.76 Å². The number of fused-ring (bicyclic) bond motifs is 1. The van der Waals surface area contributed by atoms with Gasteiger partial charge in [-0.1, -0.05) is 24.3 Å². The van der Waals surface area contributed by atoms with Crippen LogP contribution in [-0.4, -0.2) is 0 Å². The summed E-state index contributed by atoms with van der Waals surface area (Å²) in [5, 5.41) is 0. The van der Waals surface area contributed by atoms with Crippen LogP contribution in [0.4, 0.5) is 0 Å². The molecule has 0 aliphatic heterocycles. The first-order valence-corrected chi connectivity index (χ1v) is 4.38. The van der Waals surface area contributed by atoms with Gasteiger partial charge in [0.05, 0.1) is 0 Å². The minimum Gasteiger partial charge on any atom is -0.429 e. The molecule has 1 aliphatic rings. The van der Waals surface area contributed by atoms with E-state index in [1.165, 1.54) is 11.1 Å². The van der Waals surface area contributed by atoms with Gasteiger partial charge in [-0.3, -0.25) is 0 Å². The average molecular weight is 178 g/mol. The van der Waals surface area contributed by atoms with Gasteiger partial charge in [-0.2, -0.15) is 0 Å². The van der Waals surface area contributed by atoms with E-state index in [-0.39, 0.29) is 0 Å². The molecule has 1 aromatic carbocycles. The maximum absolute atomic E-state index is 4.97. The van der Waals surface area contributed by atoms with E-state index >= 15 is 0 Å². The molecule has 0 radical (unpaired) electrons. The molecule has 0 saturated carbocycles. The second-order valence-corrected chi connectivity index (χ2v) is 3.04. The van der Waals surface area contributed by atoms with Crippen molar-refractivity contribution in [3.63, 3.8) is 0 Å². The number of thiol groups is 1. The summed E-state index contributed by atoms with van der Waals surface area (Å²) in [6.07, 6.45) is 4.24. The van der Waals surface area contributed by atoms with Crippen LogP contribution < -0.4 is 0 Å². The summed E-state index contributed by atoms with van der Waals surface area (Å²) in [7, 11) is 0. The van der Waals surface area contributed by atoms with E-state index in [2.05, 4.69) is 37.2 Å². The van der Waals surface area contributed by atoms with Crippen LogP contribution in [0.3, 0.4) is 0 Å². The number of hydrogen-bond donors (Lipinski definition) is 1. The van der Waals surface area contributed by atoms with Crippen LogP contribution in [0.15, 0.2) is 30.3 Å². The molecule has 2 heteroatoms. The van der Waals surface area contributed by atoms with E-state index < -0.39 is 0 Å². The highest BCUT2D eigenvalue weighted by atomic mass is 32.1. The average Bonchev–Trinajstić information content (AvgIpc) is 2.17.